The molecule has 196 valence electrons. The first-order valence-corrected chi connectivity index (χ1v) is 12.0. The minimum atomic E-state index is -4.52. The van der Waals surface area contributed by atoms with Gasteiger partial charge in [0.2, 0.25) is 5.95 Å². The van der Waals surface area contributed by atoms with Gasteiger partial charge in [0, 0.05) is 29.9 Å². The van der Waals surface area contributed by atoms with E-state index in [1.807, 2.05) is 30.3 Å². The summed E-state index contributed by atoms with van der Waals surface area (Å²) in [5, 5.41) is 17.5. The zero-order chi connectivity index (χ0) is 26.7. The molecule has 8 nitrogen and oxygen atoms in total. The van der Waals surface area contributed by atoms with E-state index in [4.69, 9.17) is 4.74 Å². The zero-order valence-corrected chi connectivity index (χ0v) is 20.1. The van der Waals surface area contributed by atoms with Gasteiger partial charge in [-0.3, -0.25) is 4.79 Å². The van der Waals surface area contributed by atoms with Crippen molar-refractivity contribution in [1.29, 1.82) is 0 Å². The van der Waals surface area contributed by atoms with Crippen molar-refractivity contribution in [2.75, 3.05) is 5.32 Å². The van der Waals surface area contributed by atoms with Gasteiger partial charge >= 0.3 is 12.1 Å². The fourth-order valence-corrected chi connectivity index (χ4v) is 4.42. The van der Waals surface area contributed by atoms with Gasteiger partial charge in [-0.15, -0.1) is 0 Å². The maximum atomic E-state index is 13.5. The zero-order valence-electron chi connectivity index (χ0n) is 20.1. The van der Waals surface area contributed by atoms with E-state index >= 15 is 0 Å². The molecule has 0 radical (unpaired) electrons. The summed E-state index contributed by atoms with van der Waals surface area (Å²) >= 11 is 0. The van der Waals surface area contributed by atoms with E-state index < -0.39 is 29.9 Å². The quantitative estimate of drug-likeness (QED) is 0.325. The third kappa shape index (κ3) is 5.83. The second-order valence-electron chi connectivity index (χ2n) is 8.98. The van der Waals surface area contributed by atoms with Crippen molar-refractivity contribution < 1.29 is 27.8 Å². The Balaban J connectivity index is 1.51. The number of carbonyl (C=O) groups is 1. The maximum absolute atomic E-state index is 13.5. The number of anilines is 2. The van der Waals surface area contributed by atoms with E-state index in [-0.39, 0.29) is 6.42 Å². The molecule has 2 aromatic carbocycles. The van der Waals surface area contributed by atoms with Crippen LogP contribution in [0.4, 0.5) is 24.8 Å². The number of hydrogen-bond acceptors (Lipinski definition) is 7. The molecule has 38 heavy (non-hydrogen) atoms. The van der Waals surface area contributed by atoms with Crippen molar-refractivity contribution in [3.8, 4) is 17.1 Å². The third-order valence-corrected chi connectivity index (χ3v) is 6.17. The summed E-state index contributed by atoms with van der Waals surface area (Å²) in [5.74, 6) is 0.183. The smallest absolute Gasteiger partial charge is 0.416 e. The van der Waals surface area contributed by atoms with E-state index in [1.54, 1.807) is 18.3 Å². The van der Waals surface area contributed by atoms with E-state index in [9.17, 15) is 23.1 Å². The van der Waals surface area contributed by atoms with Crippen molar-refractivity contribution >= 4 is 17.6 Å². The molecule has 5 rings (SSSR count). The lowest BCUT2D eigenvalue weighted by atomic mass is 9.97. The lowest BCUT2D eigenvalue weighted by molar-refractivity contribution is -0.160. The number of ether oxygens (including phenoxy) is 1. The number of halogens is 3. The van der Waals surface area contributed by atoms with E-state index in [0.717, 1.165) is 17.8 Å². The van der Waals surface area contributed by atoms with Crippen molar-refractivity contribution in [3.63, 3.8) is 0 Å². The van der Waals surface area contributed by atoms with Crippen molar-refractivity contribution in [1.82, 2.24) is 19.7 Å². The highest BCUT2D eigenvalue weighted by atomic mass is 19.4. The van der Waals surface area contributed by atoms with Crippen LogP contribution in [0, 0.1) is 0 Å². The number of aryl methyl sites for hydroxylation is 1. The van der Waals surface area contributed by atoms with Crippen LogP contribution in [-0.4, -0.2) is 43.0 Å². The minimum absolute atomic E-state index is 0.0447. The number of alkyl halides is 3. The second-order valence-corrected chi connectivity index (χ2v) is 8.98. The fourth-order valence-electron chi connectivity index (χ4n) is 4.42. The molecular weight excluding hydrogens is 499 g/mol. The number of esters is 1. The molecule has 1 saturated heterocycles. The summed E-state index contributed by atoms with van der Waals surface area (Å²) in [5.41, 5.74) is 1.38. The van der Waals surface area contributed by atoms with Gasteiger partial charge < -0.3 is 15.2 Å². The summed E-state index contributed by atoms with van der Waals surface area (Å²) in [6.07, 6.45) is -1.68. The Kier molecular flexibility index (Phi) is 7.10. The average Bonchev–Trinajstić information content (AvgIpc) is 3.31. The summed E-state index contributed by atoms with van der Waals surface area (Å²) < 4.78 is 47.4. The van der Waals surface area contributed by atoms with Crippen LogP contribution in [0.15, 0.2) is 73.1 Å². The van der Waals surface area contributed by atoms with Gasteiger partial charge in [-0.1, -0.05) is 30.3 Å². The Morgan fingerprint density at radius 2 is 1.92 bits per heavy atom. The first-order valence-electron chi connectivity index (χ1n) is 12.0. The van der Waals surface area contributed by atoms with E-state index in [0.29, 0.717) is 47.8 Å². The molecule has 3 heterocycles. The standard InChI is InChI=1S/C27H24F3N5O3/c28-27(29,30)19-6-4-5-17(13-19)25-18(9-10-22-14-21(36)15-24(37)38-22)16-32-35(25)23-11-12-31-26(34-23)33-20-7-2-1-3-8-20/h1-8,11-13,16,21-22,36H,9-10,14-15H2,(H,31,33,34)/t21-,22+/m1/s1. The molecule has 0 bridgehead atoms. The predicted octanol–water partition coefficient (Wildman–Crippen LogP) is 5.09. The molecule has 0 amide bonds. The Morgan fingerprint density at radius 3 is 2.68 bits per heavy atom. The summed E-state index contributed by atoms with van der Waals surface area (Å²) in [4.78, 5) is 20.5. The lowest BCUT2D eigenvalue weighted by Gasteiger charge is -2.25. The molecule has 0 unspecified atom stereocenters. The van der Waals surface area contributed by atoms with Crippen molar-refractivity contribution in [2.24, 2.45) is 0 Å². The number of hydrogen-bond donors (Lipinski definition) is 2. The van der Waals surface area contributed by atoms with Gasteiger partial charge in [0.1, 0.15) is 6.10 Å². The van der Waals surface area contributed by atoms with Crippen LogP contribution in [-0.2, 0) is 22.1 Å². The van der Waals surface area contributed by atoms with Crippen LogP contribution in [0.1, 0.15) is 30.4 Å². The molecule has 11 heteroatoms. The highest BCUT2D eigenvalue weighted by Gasteiger charge is 2.31. The fraction of sp³-hybridized carbons (Fsp3) is 0.259. The third-order valence-electron chi connectivity index (χ3n) is 6.17. The Labute approximate surface area is 216 Å². The molecule has 0 aliphatic carbocycles. The molecule has 0 saturated carbocycles. The minimum Gasteiger partial charge on any atom is -0.462 e. The molecule has 1 aliphatic heterocycles. The summed E-state index contributed by atoms with van der Waals surface area (Å²) in [6.45, 7) is 0. The van der Waals surface area contributed by atoms with Crippen molar-refractivity contribution in [2.45, 2.75) is 44.1 Å². The van der Waals surface area contributed by atoms with E-state index in [1.165, 1.54) is 16.9 Å². The van der Waals surface area contributed by atoms with Crippen LogP contribution >= 0.6 is 0 Å². The van der Waals surface area contributed by atoms with Crippen LogP contribution in [0.25, 0.3) is 17.1 Å². The maximum Gasteiger partial charge on any atom is 0.416 e. The Bertz CT molecular complexity index is 1420. The van der Waals surface area contributed by atoms with E-state index in [2.05, 4.69) is 20.4 Å². The Morgan fingerprint density at radius 1 is 1.11 bits per heavy atom. The topological polar surface area (TPSA) is 102 Å². The number of rotatable bonds is 7. The SMILES string of the molecule is O=C1C[C@H](O)C[C@H](CCc2cnn(-c3ccnc(Nc4ccccc4)n3)c2-c2cccc(C(F)(F)F)c2)O1. The van der Waals surface area contributed by atoms with Gasteiger partial charge in [0.05, 0.1) is 30.0 Å². The van der Waals surface area contributed by atoms with Gasteiger partial charge in [-0.25, -0.2) is 9.67 Å². The molecule has 1 aliphatic rings. The number of benzene rings is 2. The number of aliphatic hydroxyl groups excluding tert-OH is 1. The summed E-state index contributed by atoms with van der Waals surface area (Å²) in [6, 6.07) is 15.9. The number of nitrogens with one attached hydrogen (secondary N) is 1. The van der Waals surface area contributed by atoms with Gasteiger partial charge in [0.25, 0.3) is 0 Å². The van der Waals surface area contributed by atoms with Gasteiger partial charge in [-0.05, 0) is 42.7 Å². The molecular formula is C27H24F3N5O3. The number of aliphatic hydroxyl groups is 1. The highest BCUT2D eigenvalue weighted by Crippen LogP contribution is 2.34. The molecule has 2 aromatic heterocycles. The first-order chi connectivity index (χ1) is 18.3. The first kappa shape index (κ1) is 25.4. The largest absolute Gasteiger partial charge is 0.462 e. The number of cyclic esters (lactones) is 1. The van der Waals surface area contributed by atoms with Crippen LogP contribution in [0.3, 0.4) is 0 Å². The normalized spacial score (nSPS) is 17.7. The second kappa shape index (κ2) is 10.6. The average molecular weight is 524 g/mol. The number of para-hydroxylation sites is 1. The van der Waals surface area contributed by atoms with Gasteiger partial charge in [0.15, 0.2) is 5.82 Å². The Hall–Kier alpha value is -4.25. The summed E-state index contributed by atoms with van der Waals surface area (Å²) in [7, 11) is 0. The number of carbonyl (C=O) groups excluding carboxylic acids is 1. The van der Waals surface area contributed by atoms with Gasteiger partial charge in [-0.2, -0.15) is 23.3 Å². The molecule has 1 fully saturated rings. The van der Waals surface area contributed by atoms with Crippen molar-refractivity contribution in [3.05, 3.63) is 84.2 Å². The van der Waals surface area contributed by atoms with Crippen LogP contribution < -0.4 is 5.32 Å². The van der Waals surface area contributed by atoms with Crippen LogP contribution in [0.2, 0.25) is 0 Å². The van der Waals surface area contributed by atoms with Crippen LogP contribution in [0.5, 0.6) is 0 Å². The monoisotopic (exact) mass is 523 g/mol. The predicted molar refractivity (Wildman–Crippen MR) is 133 cm³/mol. The number of aromatic nitrogens is 4. The molecule has 4 aromatic rings. The number of nitrogens with zero attached hydrogens (tertiary/aromatic N) is 4. The molecule has 0 spiro atoms. The molecule has 2 atom stereocenters. The molecule has 2 N–H and O–H groups in total. The highest BCUT2D eigenvalue weighted by molar-refractivity contribution is 5.71. The lowest BCUT2D eigenvalue weighted by Crippen LogP contribution is -2.32.